The summed E-state index contributed by atoms with van der Waals surface area (Å²) in [5, 5.41) is 19.6. The molecule has 0 radical (unpaired) electrons. The minimum absolute atomic E-state index is 0.115. The number of hydrogen-bond acceptors (Lipinski definition) is 6. The first-order valence-corrected chi connectivity index (χ1v) is 9.16. The van der Waals surface area contributed by atoms with Crippen LogP contribution in [0.2, 0.25) is 0 Å². The first-order chi connectivity index (χ1) is 12.0. The summed E-state index contributed by atoms with van der Waals surface area (Å²) in [7, 11) is 0. The number of allylic oxidation sites excluding steroid dienone is 3. The van der Waals surface area contributed by atoms with Gasteiger partial charge in [0.15, 0.2) is 0 Å². The van der Waals surface area contributed by atoms with Crippen LogP contribution in [0.5, 0.6) is 0 Å². The van der Waals surface area contributed by atoms with Gasteiger partial charge in [-0.2, -0.15) is 0 Å². The Morgan fingerprint density at radius 3 is 3.04 bits per heavy atom. The molecule has 25 heavy (non-hydrogen) atoms. The summed E-state index contributed by atoms with van der Waals surface area (Å²) >= 11 is 1.51. The number of rotatable bonds is 8. The lowest BCUT2D eigenvalue weighted by Gasteiger charge is -2.29. The number of halogens is 1. The molecular weight excluding hydrogens is 339 g/mol. The molecule has 0 aromatic carbocycles. The summed E-state index contributed by atoms with van der Waals surface area (Å²) < 4.78 is 12.9. The van der Waals surface area contributed by atoms with E-state index in [0.717, 1.165) is 22.0 Å². The number of nitrogens with zero attached hydrogens (tertiary/aromatic N) is 2. The highest BCUT2D eigenvalue weighted by Crippen LogP contribution is 2.33. The molecule has 2 atom stereocenters. The van der Waals surface area contributed by atoms with E-state index in [4.69, 9.17) is 5.41 Å². The van der Waals surface area contributed by atoms with E-state index in [2.05, 4.69) is 17.1 Å². The van der Waals surface area contributed by atoms with Gasteiger partial charge in [-0.15, -0.1) is 0 Å². The Labute approximate surface area is 152 Å². The second-order valence-electron chi connectivity index (χ2n) is 6.05. The van der Waals surface area contributed by atoms with Gasteiger partial charge in [-0.1, -0.05) is 30.5 Å². The third-order valence-corrected chi connectivity index (χ3v) is 4.88. The molecular formula is C18H25FN4OS. The highest BCUT2D eigenvalue weighted by atomic mass is 32.2. The quantitative estimate of drug-likeness (QED) is 0.452. The molecule has 0 saturated carbocycles. The molecule has 0 bridgehead atoms. The van der Waals surface area contributed by atoms with Crippen molar-refractivity contribution in [3.8, 4) is 0 Å². The number of thioether (sulfide) groups is 1. The number of alkyl halides is 1. The standard InChI is InChI=1S/C18H25FN4OS/c1-4-8-25-13(3)18-21-10-15(16(20)7-5-6-12(2)19)17-9-14(22-24)11-23(17)18/h4-5,7-8,12,14,20,22,24H,3,6,9-11H2,1-2H3/b7-5-,8-4-,20-16?. The average Bonchev–Trinajstić information content (AvgIpc) is 3.02. The van der Waals surface area contributed by atoms with Gasteiger partial charge in [-0.25, -0.2) is 9.87 Å². The zero-order valence-electron chi connectivity index (χ0n) is 14.6. The maximum atomic E-state index is 12.9. The van der Waals surface area contributed by atoms with Crippen molar-refractivity contribution >= 4 is 23.3 Å². The van der Waals surface area contributed by atoms with Crippen molar-refractivity contribution in [3.63, 3.8) is 0 Å². The lowest BCUT2D eigenvalue weighted by molar-refractivity contribution is 0.131. The molecule has 1 saturated heterocycles. The number of aliphatic imine (C=N–C) groups is 1. The van der Waals surface area contributed by atoms with Gasteiger partial charge in [0.1, 0.15) is 12.0 Å². The van der Waals surface area contributed by atoms with E-state index >= 15 is 0 Å². The number of amidine groups is 1. The highest BCUT2D eigenvalue weighted by molar-refractivity contribution is 8.06. The maximum Gasteiger partial charge on any atom is 0.141 e. The summed E-state index contributed by atoms with van der Waals surface area (Å²) in [6.07, 6.45) is 5.25. The fourth-order valence-electron chi connectivity index (χ4n) is 2.81. The van der Waals surface area contributed by atoms with Gasteiger partial charge in [0.05, 0.1) is 18.3 Å². The zero-order chi connectivity index (χ0) is 18.4. The molecule has 0 aromatic heterocycles. The SMILES string of the molecule is C=C(S/C=C\C)C1=NCC(C(=N)/C=C\CC(C)F)=C2CC(NO)CN12. The second-order valence-corrected chi connectivity index (χ2v) is 7.05. The van der Waals surface area contributed by atoms with Gasteiger partial charge >= 0.3 is 0 Å². The number of fused-ring (bicyclic) bond motifs is 1. The monoisotopic (exact) mass is 364 g/mol. The van der Waals surface area contributed by atoms with E-state index in [1.165, 1.54) is 18.7 Å². The smallest absolute Gasteiger partial charge is 0.141 e. The molecule has 7 heteroatoms. The van der Waals surface area contributed by atoms with E-state index in [1.807, 2.05) is 23.3 Å². The van der Waals surface area contributed by atoms with Gasteiger partial charge in [0, 0.05) is 29.1 Å². The molecule has 0 spiro atoms. The van der Waals surface area contributed by atoms with Crippen LogP contribution in [0.25, 0.3) is 0 Å². The molecule has 0 aromatic rings. The second kappa shape index (κ2) is 9.12. The van der Waals surface area contributed by atoms with Crippen molar-refractivity contribution < 1.29 is 9.60 Å². The van der Waals surface area contributed by atoms with Crippen LogP contribution < -0.4 is 5.48 Å². The van der Waals surface area contributed by atoms with Crippen molar-refractivity contribution in [1.29, 1.82) is 5.41 Å². The lowest BCUT2D eigenvalue weighted by atomic mass is 10.0. The minimum atomic E-state index is -0.921. The van der Waals surface area contributed by atoms with Gasteiger partial charge in [-0.05, 0) is 31.8 Å². The van der Waals surface area contributed by atoms with Crippen LogP contribution in [0.4, 0.5) is 4.39 Å². The van der Waals surface area contributed by atoms with Crippen LogP contribution in [0.15, 0.2) is 51.4 Å². The number of hydroxylamine groups is 1. The molecule has 1 fully saturated rings. The molecule has 136 valence electrons. The van der Waals surface area contributed by atoms with E-state index in [9.17, 15) is 9.60 Å². The van der Waals surface area contributed by atoms with Crippen molar-refractivity contribution in [2.75, 3.05) is 13.1 Å². The van der Waals surface area contributed by atoms with Crippen LogP contribution in [0, 0.1) is 5.41 Å². The third-order valence-electron chi connectivity index (χ3n) is 4.01. The lowest BCUT2D eigenvalue weighted by Crippen LogP contribution is -2.36. The average molecular weight is 364 g/mol. The third kappa shape index (κ3) is 4.90. The Morgan fingerprint density at radius 1 is 1.64 bits per heavy atom. The van der Waals surface area contributed by atoms with Crippen molar-refractivity contribution in [2.45, 2.75) is 38.9 Å². The fourth-order valence-corrected chi connectivity index (χ4v) is 3.39. The molecule has 2 unspecified atom stereocenters. The molecule has 5 nitrogen and oxygen atoms in total. The van der Waals surface area contributed by atoms with E-state index in [-0.39, 0.29) is 6.04 Å². The molecule has 0 aliphatic carbocycles. The van der Waals surface area contributed by atoms with E-state index in [1.54, 1.807) is 12.2 Å². The predicted molar refractivity (Wildman–Crippen MR) is 103 cm³/mol. The molecule has 0 amide bonds. The first-order valence-electron chi connectivity index (χ1n) is 8.28. The Morgan fingerprint density at radius 2 is 2.40 bits per heavy atom. The molecule has 2 rings (SSSR count). The first kappa shape index (κ1) is 19.6. The fraction of sp³-hybridized carbons (Fsp3) is 0.444. The van der Waals surface area contributed by atoms with Crippen molar-refractivity contribution in [3.05, 3.63) is 46.4 Å². The molecule has 2 aliphatic rings. The van der Waals surface area contributed by atoms with Crippen LogP contribution in [-0.2, 0) is 0 Å². The summed E-state index contributed by atoms with van der Waals surface area (Å²) in [6.45, 7) is 8.50. The summed E-state index contributed by atoms with van der Waals surface area (Å²) in [4.78, 5) is 7.47. The van der Waals surface area contributed by atoms with Crippen molar-refractivity contribution in [1.82, 2.24) is 10.4 Å². The summed E-state index contributed by atoms with van der Waals surface area (Å²) in [6, 6.07) is -0.115. The van der Waals surface area contributed by atoms with Gasteiger partial charge in [-0.3, -0.25) is 4.99 Å². The van der Waals surface area contributed by atoms with Crippen LogP contribution in [0.3, 0.4) is 0 Å². The van der Waals surface area contributed by atoms with Crippen LogP contribution >= 0.6 is 11.8 Å². The van der Waals surface area contributed by atoms with Gasteiger partial charge in [0.25, 0.3) is 0 Å². The Balaban J connectivity index is 2.23. The largest absolute Gasteiger partial charge is 0.327 e. The molecule has 2 aliphatic heterocycles. The normalized spacial score (nSPS) is 21.8. The van der Waals surface area contributed by atoms with E-state index < -0.39 is 6.17 Å². The number of hydrogen-bond donors (Lipinski definition) is 3. The topological polar surface area (TPSA) is 71.7 Å². The Bertz CT molecular complexity index is 651. The van der Waals surface area contributed by atoms with Crippen LogP contribution in [-0.4, -0.2) is 47.0 Å². The zero-order valence-corrected chi connectivity index (χ0v) is 15.4. The predicted octanol–water partition coefficient (Wildman–Crippen LogP) is 3.81. The van der Waals surface area contributed by atoms with Crippen molar-refractivity contribution in [2.24, 2.45) is 4.99 Å². The number of nitrogens with one attached hydrogen (secondary N) is 2. The Kier molecular flexibility index (Phi) is 7.16. The highest BCUT2D eigenvalue weighted by Gasteiger charge is 2.35. The summed E-state index contributed by atoms with van der Waals surface area (Å²) in [5.41, 5.74) is 4.45. The van der Waals surface area contributed by atoms with E-state index in [0.29, 0.717) is 31.6 Å². The molecule has 2 heterocycles. The van der Waals surface area contributed by atoms with Crippen LogP contribution in [0.1, 0.15) is 26.7 Å². The van der Waals surface area contributed by atoms with Gasteiger partial charge < -0.3 is 15.5 Å². The Hall–Kier alpha value is -1.70. The molecule has 3 N–H and O–H groups in total. The van der Waals surface area contributed by atoms with Gasteiger partial charge in [0.2, 0.25) is 0 Å². The summed E-state index contributed by atoms with van der Waals surface area (Å²) in [5.74, 6) is 0.786. The minimum Gasteiger partial charge on any atom is -0.327 e. The maximum absolute atomic E-state index is 12.9.